The third kappa shape index (κ3) is 4.82. The Morgan fingerprint density at radius 2 is 2.24 bits per heavy atom. The molecule has 0 amide bonds. The van der Waals surface area contributed by atoms with E-state index in [1.807, 2.05) is 38.7 Å². The fourth-order valence-electron chi connectivity index (χ4n) is 2.58. The average Bonchev–Trinajstić information content (AvgIpc) is 2.83. The first-order valence-electron chi connectivity index (χ1n) is 7.58. The largest absolute Gasteiger partial charge is 0.480 e. The van der Waals surface area contributed by atoms with Crippen molar-refractivity contribution in [1.29, 1.82) is 0 Å². The van der Waals surface area contributed by atoms with E-state index in [1.165, 1.54) is 0 Å². The van der Waals surface area contributed by atoms with E-state index in [-0.39, 0.29) is 0 Å². The number of carbonyl (C=O) groups is 1. The molecule has 0 fully saturated rings. The molecule has 0 spiro atoms. The minimum Gasteiger partial charge on any atom is -0.480 e. The van der Waals surface area contributed by atoms with Gasteiger partial charge in [0.15, 0.2) is 0 Å². The lowest BCUT2D eigenvalue weighted by Crippen LogP contribution is -2.51. The van der Waals surface area contributed by atoms with Crippen molar-refractivity contribution in [2.45, 2.75) is 45.2 Å². The molecular formula is C15H28N4O2. The number of nitrogens with one attached hydrogen (secondary N) is 1. The molecule has 0 saturated heterocycles. The first-order chi connectivity index (χ1) is 9.95. The minimum atomic E-state index is -0.793. The summed E-state index contributed by atoms with van der Waals surface area (Å²) in [6, 6.07) is 0. The summed E-state index contributed by atoms with van der Waals surface area (Å²) in [7, 11) is 4.02. The molecular weight excluding hydrogens is 268 g/mol. The highest BCUT2D eigenvalue weighted by Gasteiger charge is 2.34. The van der Waals surface area contributed by atoms with Crippen LogP contribution in [-0.4, -0.2) is 51.2 Å². The second-order valence-electron chi connectivity index (χ2n) is 5.57. The van der Waals surface area contributed by atoms with Gasteiger partial charge in [-0.1, -0.05) is 13.8 Å². The predicted molar refractivity (Wildman–Crippen MR) is 83.1 cm³/mol. The van der Waals surface area contributed by atoms with E-state index >= 15 is 0 Å². The van der Waals surface area contributed by atoms with Crippen molar-refractivity contribution in [3.8, 4) is 0 Å². The normalized spacial score (nSPS) is 14.3. The number of carboxylic acid groups (broad SMARTS) is 1. The molecule has 0 aliphatic carbocycles. The molecule has 1 aromatic heterocycles. The molecule has 1 heterocycles. The highest BCUT2D eigenvalue weighted by atomic mass is 16.4. The van der Waals surface area contributed by atoms with E-state index in [2.05, 4.69) is 15.2 Å². The van der Waals surface area contributed by atoms with Gasteiger partial charge in [0.25, 0.3) is 0 Å². The third-order valence-corrected chi connectivity index (χ3v) is 4.00. The molecule has 120 valence electrons. The van der Waals surface area contributed by atoms with Gasteiger partial charge < -0.3 is 15.0 Å². The molecule has 21 heavy (non-hydrogen) atoms. The van der Waals surface area contributed by atoms with Crippen molar-refractivity contribution in [2.24, 2.45) is 7.05 Å². The fourth-order valence-corrected chi connectivity index (χ4v) is 2.58. The van der Waals surface area contributed by atoms with Crippen molar-refractivity contribution < 1.29 is 9.90 Å². The van der Waals surface area contributed by atoms with Crippen LogP contribution in [0, 0.1) is 0 Å². The summed E-state index contributed by atoms with van der Waals surface area (Å²) in [5.74, 6) is 0.266. The van der Waals surface area contributed by atoms with Gasteiger partial charge in [-0.15, -0.1) is 0 Å². The van der Waals surface area contributed by atoms with E-state index < -0.39 is 11.5 Å². The lowest BCUT2D eigenvalue weighted by Gasteiger charge is -2.30. The number of imidazole rings is 1. The Labute approximate surface area is 127 Å². The average molecular weight is 296 g/mol. The van der Waals surface area contributed by atoms with Gasteiger partial charge in [-0.3, -0.25) is 9.69 Å². The molecule has 1 rings (SSSR count). The summed E-state index contributed by atoms with van der Waals surface area (Å²) in [4.78, 5) is 18.0. The highest BCUT2D eigenvalue weighted by Crippen LogP contribution is 2.18. The van der Waals surface area contributed by atoms with E-state index in [1.54, 1.807) is 6.20 Å². The van der Waals surface area contributed by atoms with Gasteiger partial charge in [-0.2, -0.15) is 0 Å². The number of nitrogens with zero attached hydrogens (tertiary/aromatic N) is 3. The third-order valence-electron chi connectivity index (χ3n) is 4.00. The number of carboxylic acids is 1. The number of rotatable bonds is 10. The number of hydrogen-bond donors (Lipinski definition) is 2. The number of aryl methyl sites for hydroxylation is 1. The summed E-state index contributed by atoms with van der Waals surface area (Å²) in [6.45, 7) is 6.17. The van der Waals surface area contributed by atoms with E-state index in [0.29, 0.717) is 19.4 Å². The van der Waals surface area contributed by atoms with Gasteiger partial charge in [-0.25, -0.2) is 4.98 Å². The second-order valence-corrected chi connectivity index (χ2v) is 5.57. The molecule has 2 N–H and O–H groups in total. The van der Waals surface area contributed by atoms with Gasteiger partial charge in [0.1, 0.15) is 11.4 Å². The molecule has 0 aliphatic rings. The monoisotopic (exact) mass is 296 g/mol. The molecule has 1 aromatic rings. The predicted octanol–water partition coefficient (Wildman–Crippen LogP) is 1.47. The summed E-state index contributed by atoms with van der Waals surface area (Å²) < 4.78 is 2.00. The van der Waals surface area contributed by atoms with E-state index in [9.17, 15) is 9.90 Å². The van der Waals surface area contributed by atoms with Crippen molar-refractivity contribution in [2.75, 3.05) is 20.1 Å². The van der Waals surface area contributed by atoms with Crippen molar-refractivity contribution >= 4 is 5.97 Å². The topological polar surface area (TPSA) is 70.4 Å². The van der Waals surface area contributed by atoms with Crippen LogP contribution in [0.3, 0.4) is 0 Å². The maximum Gasteiger partial charge on any atom is 0.323 e. The van der Waals surface area contributed by atoms with Crippen molar-refractivity contribution in [3.05, 3.63) is 18.2 Å². The lowest BCUT2D eigenvalue weighted by molar-refractivity contribution is -0.145. The minimum absolute atomic E-state index is 0.596. The van der Waals surface area contributed by atoms with Crippen LogP contribution in [-0.2, 0) is 18.4 Å². The lowest BCUT2D eigenvalue weighted by atomic mass is 9.90. The van der Waals surface area contributed by atoms with E-state index in [0.717, 1.165) is 25.3 Å². The first-order valence-corrected chi connectivity index (χ1v) is 7.58. The molecule has 0 bridgehead atoms. The van der Waals surface area contributed by atoms with Gasteiger partial charge in [0, 0.05) is 19.4 Å². The summed E-state index contributed by atoms with van der Waals surface area (Å²) in [5, 5.41) is 12.6. The molecule has 0 aliphatic heterocycles. The number of hydrogen-bond acceptors (Lipinski definition) is 4. The second kappa shape index (κ2) is 8.14. The molecule has 1 atom stereocenters. The zero-order valence-corrected chi connectivity index (χ0v) is 13.6. The number of likely N-dealkylation sites (N-methyl/N-ethyl adjacent to an activating group) is 1. The number of aliphatic carboxylic acids is 1. The van der Waals surface area contributed by atoms with Crippen LogP contribution in [0.5, 0.6) is 0 Å². The van der Waals surface area contributed by atoms with Crippen LogP contribution >= 0.6 is 0 Å². The summed E-state index contributed by atoms with van der Waals surface area (Å²) >= 11 is 0. The van der Waals surface area contributed by atoms with Crippen molar-refractivity contribution in [1.82, 2.24) is 19.8 Å². The van der Waals surface area contributed by atoms with Crippen LogP contribution in [0.25, 0.3) is 0 Å². The maximum atomic E-state index is 11.5. The fraction of sp³-hybridized carbons (Fsp3) is 0.733. The van der Waals surface area contributed by atoms with Gasteiger partial charge in [0.05, 0.1) is 6.54 Å². The molecule has 0 radical (unpaired) electrons. The zero-order valence-electron chi connectivity index (χ0n) is 13.6. The number of aromatic nitrogens is 2. The Hall–Kier alpha value is -1.40. The highest BCUT2D eigenvalue weighted by molar-refractivity contribution is 5.78. The van der Waals surface area contributed by atoms with Gasteiger partial charge in [0.2, 0.25) is 0 Å². The molecule has 1 unspecified atom stereocenters. The Balaban J connectivity index is 2.46. The SMILES string of the molecule is CCNC(CC)(CCCN(C)Cc1nccn1C)C(=O)O. The van der Waals surface area contributed by atoms with E-state index in [4.69, 9.17) is 0 Å². The Morgan fingerprint density at radius 3 is 2.71 bits per heavy atom. The van der Waals surface area contributed by atoms with Crippen LogP contribution in [0.2, 0.25) is 0 Å². The first kappa shape index (κ1) is 17.7. The van der Waals surface area contributed by atoms with Crippen LogP contribution in [0.4, 0.5) is 0 Å². The van der Waals surface area contributed by atoms with Crippen molar-refractivity contribution in [3.63, 3.8) is 0 Å². The Morgan fingerprint density at radius 1 is 1.52 bits per heavy atom. The smallest absolute Gasteiger partial charge is 0.323 e. The molecule has 6 nitrogen and oxygen atoms in total. The van der Waals surface area contributed by atoms with Crippen LogP contribution in [0.15, 0.2) is 12.4 Å². The zero-order chi connectivity index (χ0) is 15.9. The quantitative estimate of drug-likeness (QED) is 0.684. The standard InChI is InChI=1S/C15H28N4O2/c1-5-15(14(20)21,17-6-2)8-7-10-18(3)12-13-16-9-11-19(13)4/h9,11,17H,5-8,10,12H2,1-4H3,(H,20,21). The van der Waals surface area contributed by atoms with Crippen LogP contribution in [0.1, 0.15) is 38.9 Å². The molecule has 0 aromatic carbocycles. The molecule has 0 saturated carbocycles. The maximum absolute atomic E-state index is 11.5. The van der Waals surface area contributed by atoms with Gasteiger partial charge >= 0.3 is 5.97 Å². The van der Waals surface area contributed by atoms with Gasteiger partial charge in [-0.05, 0) is 39.4 Å². The molecule has 6 heteroatoms. The summed E-state index contributed by atoms with van der Waals surface area (Å²) in [5.41, 5.74) is -0.793. The Bertz CT molecular complexity index is 447. The van der Waals surface area contributed by atoms with Crippen LogP contribution < -0.4 is 5.32 Å². The summed E-state index contributed by atoms with van der Waals surface area (Å²) in [6.07, 6.45) is 5.80. The Kier molecular flexibility index (Phi) is 6.84.